The Morgan fingerprint density at radius 2 is 1.74 bits per heavy atom. The van der Waals surface area contributed by atoms with Crippen LogP contribution in [0.1, 0.15) is 5.56 Å². The highest BCUT2D eigenvalue weighted by atomic mass is 16.6. The van der Waals surface area contributed by atoms with Crippen molar-refractivity contribution >= 4 is 35.0 Å². The number of aliphatic imine (C=N–C) groups is 1. The minimum absolute atomic E-state index is 0.0117. The molecule has 2 aromatic rings. The molecule has 3 aliphatic rings. The lowest BCUT2D eigenvalue weighted by Crippen LogP contribution is -2.43. The Labute approximate surface area is 179 Å². The third-order valence-corrected chi connectivity index (χ3v) is 5.67. The summed E-state index contributed by atoms with van der Waals surface area (Å²) < 4.78 is 5.43. The number of guanidine groups is 1. The molecule has 2 aromatic carbocycles. The number of nitro benzene ring substituents is 1. The number of anilines is 2. The van der Waals surface area contributed by atoms with E-state index in [-0.39, 0.29) is 11.6 Å². The predicted molar refractivity (Wildman–Crippen MR) is 117 cm³/mol. The highest BCUT2D eigenvalue weighted by molar-refractivity contribution is 6.31. The van der Waals surface area contributed by atoms with Crippen molar-refractivity contribution in [2.45, 2.75) is 0 Å². The third kappa shape index (κ3) is 3.58. The summed E-state index contributed by atoms with van der Waals surface area (Å²) in [6.45, 7) is 4.84. The molecule has 0 atom stereocenters. The number of nitrogens with zero attached hydrogens (tertiary/aromatic N) is 5. The summed E-state index contributed by atoms with van der Waals surface area (Å²) in [5.41, 5.74) is 3.07. The van der Waals surface area contributed by atoms with Crippen LogP contribution in [-0.4, -0.2) is 61.1 Å². The number of non-ortho nitro benzene ring substituents is 1. The van der Waals surface area contributed by atoms with Crippen molar-refractivity contribution in [2.75, 3.05) is 49.2 Å². The second-order valence-electron chi connectivity index (χ2n) is 7.52. The fraction of sp³-hybridized carbons (Fsp3) is 0.273. The van der Waals surface area contributed by atoms with Crippen LogP contribution in [0.2, 0.25) is 0 Å². The van der Waals surface area contributed by atoms with Gasteiger partial charge >= 0.3 is 0 Å². The number of ether oxygens (including phenoxy) is 1. The first kappa shape index (κ1) is 19.4. The normalized spacial score (nSPS) is 19.5. The van der Waals surface area contributed by atoms with Crippen LogP contribution in [0, 0.1) is 10.1 Å². The summed E-state index contributed by atoms with van der Waals surface area (Å²) in [6, 6.07) is 14.0. The van der Waals surface area contributed by atoms with Crippen LogP contribution in [0.3, 0.4) is 0 Å². The van der Waals surface area contributed by atoms with E-state index >= 15 is 0 Å². The fourth-order valence-electron chi connectivity index (χ4n) is 4.07. The number of hydrogen-bond donors (Lipinski definition) is 0. The number of hydrogen-bond acceptors (Lipinski definition) is 7. The first-order valence-electron chi connectivity index (χ1n) is 10.2. The summed E-state index contributed by atoms with van der Waals surface area (Å²) in [5, 5.41) is 10.9. The maximum atomic E-state index is 12.8. The number of fused-ring (bicyclic) bond motifs is 3. The largest absolute Gasteiger partial charge is 0.379 e. The Balaban J connectivity index is 1.44. The molecule has 0 aromatic heterocycles. The van der Waals surface area contributed by atoms with Crippen molar-refractivity contribution < 1.29 is 14.5 Å². The second kappa shape index (κ2) is 7.93. The number of morpholine rings is 1. The number of amides is 1. The van der Waals surface area contributed by atoms with Gasteiger partial charge in [-0.2, -0.15) is 4.99 Å². The van der Waals surface area contributed by atoms with Gasteiger partial charge in [-0.15, -0.1) is 0 Å². The SMILES string of the molecule is O=C1N=C2N(CCN3CCOCC3)c3ccccc3N2/C1=C/c1ccc([N+](=O)[O-])cc1. The van der Waals surface area contributed by atoms with Gasteiger partial charge in [0.15, 0.2) is 0 Å². The fourth-order valence-corrected chi connectivity index (χ4v) is 4.07. The lowest BCUT2D eigenvalue weighted by Gasteiger charge is -2.29. The molecule has 1 fully saturated rings. The van der Waals surface area contributed by atoms with E-state index in [0.717, 1.165) is 44.2 Å². The van der Waals surface area contributed by atoms with Crippen LogP contribution in [-0.2, 0) is 9.53 Å². The molecular weight excluding hydrogens is 398 g/mol. The Morgan fingerprint density at radius 1 is 1.03 bits per heavy atom. The Morgan fingerprint density at radius 3 is 2.45 bits per heavy atom. The number of rotatable bonds is 5. The molecular formula is C22H21N5O4. The number of nitro groups is 1. The molecule has 0 bridgehead atoms. The van der Waals surface area contributed by atoms with Crippen LogP contribution in [0.25, 0.3) is 6.08 Å². The highest BCUT2D eigenvalue weighted by Crippen LogP contribution is 2.42. The summed E-state index contributed by atoms with van der Waals surface area (Å²) in [7, 11) is 0. The summed E-state index contributed by atoms with van der Waals surface area (Å²) >= 11 is 0. The minimum Gasteiger partial charge on any atom is -0.379 e. The first-order valence-corrected chi connectivity index (χ1v) is 10.2. The van der Waals surface area contributed by atoms with Gasteiger partial charge in [-0.1, -0.05) is 12.1 Å². The third-order valence-electron chi connectivity index (χ3n) is 5.67. The lowest BCUT2D eigenvalue weighted by atomic mass is 10.1. The van der Waals surface area contributed by atoms with E-state index in [2.05, 4.69) is 14.8 Å². The van der Waals surface area contributed by atoms with Gasteiger partial charge in [0.25, 0.3) is 11.6 Å². The molecule has 0 unspecified atom stereocenters. The Bertz CT molecular complexity index is 1090. The van der Waals surface area contributed by atoms with Crippen molar-refractivity contribution in [2.24, 2.45) is 4.99 Å². The molecule has 9 heteroatoms. The van der Waals surface area contributed by atoms with Gasteiger partial charge in [0.05, 0.1) is 29.5 Å². The van der Waals surface area contributed by atoms with Gasteiger partial charge in [0, 0.05) is 38.3 Å². The molecule has 0 N–H and O–H groups in total. The lowest BCUT2D eigenvalue weighted by molar-refractivity contribution is -0.384. The van der Waals surface area contributed by atoms with Crippen molar-refractivity contribution in [3.8, 4) is 0 Å². The quantitative estimate of drug-likeness (QED) is 0.418. The van der Waals surface area contributed by atoms with Crippen LogP contribution < -0.4 is 9.80 Å². The number of carbonyl (C=O) groups is 1. The summed E-state index contributed by atoms with van der Waals surface area (Å²) in [6.07, 6.45) is 1.73. The van der Waals surface area contributed by atoms with Crippen molar-refractivity contribution in [3.63, 3.8) is 0 Å². The van der Waals surface area contributed by atoms with E-state index in [4.69, 9.17) is 4.74 Å². The number of benzene rings is 2. The van der Waals surface area contributed by atoms with Gasteiger partial charge in [0.1, 0.15) is 5.70 Å². The average Bonchev–Trinajstić information content (AvgIpc) is 3.27. The maximum Gasteiger partial charge on any atom is 0.297 e. The van der Waals surface area contributed by atoms with E-state index < -0.39 is 4.92 Å². The molecule has 0 spiro atoms. The molecule has 1 amide bonds. The average molecular weight is 419 g/mol. The van der Waals surface area contributed by atoms with E-state index in [9.17, 15) is 14.9 Å². The number of carbonyl (C=O) groups excluding carboxylic acids is 1. The Kier molecular flexibility index (Phi) is 4.97. The van der Waals surface area contributed by atoms with Crippen LogP contribution in [0.5, 0.6) is 0 Å². The van der Waals surface area contributed by atoms with E-state index in [0.29, 0.717) is 23.8 Å². The summed E-state index contributed by atoms with van der Waals surface area (Å²) in [5.74, 6) is 0.284. The smallest absolute Gasteiger partial charge is 0.297 e. The van der Waals surface area contributed by atoms with E-state index in [1.807, 2.05) is 29.2 Å². The van der Waals surface area contributed by atoms with Crippen LogP contribution >= 0.6 is 0 Å². The van der Waals surface area contributed by atoms with Crippen LogP contribution in [0.4, 0.5) is 17.1 Å². The second-order valence-corrected chi connectivity index (χ2v) is 7.52. The molecule has 31 heavy (non-hydrogen) atoms. The maximum absolute atomic E-state index is 12.8. The van der Waals surface area contributed by atoms with Crippen LogP contribution in [0.15, 0.2) is 59.2 Å². The molecule has 3 heterocycles. The molecule has 0 aliphatic carbocycles. The van der Waals surface area contributed by atoms with Crippen molar-refractivity contribution in [3.05, 3.63) is 69.9 Å². The number of para-hydroxylation sites is 2. The predicted octanol–water partition coefficient (Wildman–Crippen LogP) is 2.49. The topological polar surface area (TPSA) is 91.5 Å². The molecule has 3 aliphatic heterocycles. The zero-order chi connectivity index (χ0) is 21.4. The zero-order valence-corrected chi connectivity index (χ0v) is 16.8. The molecule has 5 rings (SSSR count). The molecule has 158 valence electrons. The molecule has 1 saturated heterocycles. The molecule has 9 nitrogen and oxygen atoms in total. The standard InChI is InChI=1S/C22H21N5O4/c28-21-20(15-16-5-7-17(8-6-16)27(29)30)26-19-4-2-1-3-18(19)25(22(26)23-21)10-9-24-11-13-31-14-12-24/h1-8,15H,9-14H2/b20-15+. The van der Waals surface area contributed by atoms with Gasteiger partial charge in [-0.25, -0.2) is 0 Å². The van der Waals surface area contributed by atoms with E-state index in [1.54, 1.807) is 18.2 Å². The summed E-state index contributed by atoms with van der Waals surface area (Å²) in [4.78, 5) is 33.9. The first-order chi connectivity index (χ1) is 15.1. The van der Waals surface area contributed by atoms with Gasteiger partial charge in [-0.3, -0.25) is 24.7 Å². The monoisotopic (exact) mass is 419 g/mol. The van der Waals surface area contributed by atoms with Crippen molar-refractivity contribution in [1.82, 2.24) is 4.90 Å². The zero-order valence-electron chi connectivity index (χ0n) is 16.8. The van der Waals surface area contributed by atoms with Gasteiger partial charge in [0.2, 0.25) is 5.96 Å². The Hall–Kier alpha value is -3.56. The van der Waals surface area contributed by atoms with Gasteiger partial charge < -0.3 is 9.64 Å². The minimum atomic E-state index is -0.443. The highest BCUT2D eigenvalue weighted by Gasteiger charge is 2.41. The van der Waals surface area contributed by atoms with Crippen molar-refractivity contribution in [1.29, 1.82) is 0 Å². The van der Waals surface area contributed by atoms with Gasteiger partial charge in [-0.05, 0) is 35.9 Å². The van der Waals surface area contributed by atoms with E-state index in [1.165, 1.54) is 12.1 Å². The molecule has 0 saturated carbocycles. The molecule has 0 radical (unpaired) electrons.